The summed E-state index contributed by atoms with van der Waals surface area (Å²) in [5.74, 6) is -0.751. The number of anilines is 1. The van der Waals surface area contributed by atoms with Crippen molar-refractivity contribution in [1.82, 2.24) is 4.98 Å². The van der Waals surface area contributed by atoms with Gasteiger partial charge in [-0.1, -0.05) is 60.7 Å². The van der Waals surface area contributed by atoms with E-state index >= 15 is 0 Å². The minimum atomic E-state index is -2.70. The fourth-order valence-corrected chi connectivity index (χ4v) is 2.85. The molecular formula is C20H18BrFN2O. The third kappa shape index (κ3) is 4.37. The lowest BCUT2D eigenvalue weighted by Crippen LogP contribution is -2.23. The van der Waals surface area contributed by atoms with Gasteiger partial charge in [-0.25, -0.2) is 9.37 Å². The largest absolute Gasteiger partial charge is 0.479 e. The molecule has 0 saturated heterocycles. The van der Waals surface area contributed by atoms with Crippen LogP contribution in [0, 0.1) is 5.82 Å². The molecule has 0 atom stereocenters. The molecule has 0 unspecified atom stereocenters. The van der Waals surface area contributed by atoms with Gasteiger partial charge >= 0.3 is 0 Å². The number of aromatic nitrogens is 1. The molecule has 0 aliphatic carbocycles. The number of pyridine rings is 1. The van der Waals surface area contributed by atoms with Crippen molar-refractivity contribution >= 4 is 21.6 Å². The molecule has 0 aliphatic rings. The molecule has 3 aromatic rings. The maximum absolute atomic E-state index is 14.3. The molecule has 0 spiro atoms. The Labute approximate surface area is 159 Å². The van der Waals surface area contributed by atoms with Crippen molar-refractivity contribution in [2.75, 3.05) is 11.9 Å². The number of hydrogen-bond donors (Lipinski definition) is 0. The quantitative estimate of drug-likeness (QED) is 0.528. The molecule has 0 aliphatic heterocycles. The zero-order valence-electron chi connectivity index (χ0n) is 16.3. The molecule has 25 heavy (non-hydrogen) atoms. The maximum atomic E-state index is 14.3. The highest BCUT2D eigenvalue weighted by molar-refractivity contribution is 9.10. The number of nitrogens with zero attached hydrogens (tertiary/aromatic N) is 2. The Hall–Kier alpha value is -2.40. The van der Waals surface area contributed by atoms with Gasteiger partial charge in [0.25, 0.3) is 0 Å². The van der Waals surface area contributed by atoms with Crippen molar-refractivity contribution in [1.29, 1.82) is 0 Å². The van der Waals surface area contributed by atoms with E-state index in [9.17, 15) is 4.39 Å². The molecule has 3 rings (SSSR count). The first kappa shape index (κ1) is 13.8. The van der Waals surface area contributed by atoms with Crippen molar-refractivity contribution in [2.45, 2.75) is 13.1 Å². The zero-order valence-corrected chi connectivity index (χ0v) is 14.9. The van der Waals surface area contributed by atoms with E-state index in [4.69, 9.17) is 8.85 Å². The summed E-state index contributed by atoms with van der Waals surface area (Å²) in [5.41, 5.74) is 2.24. The Morgan fingerprint density at radius 3 is 2.12 bits per heavy atom. The van der Waals surface area contributed by atoms with Crippen molar-refractivity contribution in [3.63, 3.8) is 0 Å². The van der Waals surface area contributed by atoms with Crippen LogP contribution in [0.25, 0.3) is 0 Å². The minimum Gasteiger partial charge on any atom is -0.479 e. The SMILES string of the molecule is [2H]C([2H])([2H])Oc1nc(Br)c(F)cc1N(Cc1ccccc1)Cc1ccccc1. The average Bonchev–Trinajstić information content (AvgIpc) is 2.64. The average molecular weight is 404 g/mol. The lowest BCUT2D eigenvalue weighted by Gasteiger charge is -2.26. The summed E-state index contributed by atoms with van der Waals surface area (Å²) in [6, 6.07) is 20.5. The summed E-state index contributed by atoms with van der Waals surface area (Å²) < 4.78 is 41.5. The summed E-state index contributed by atoms with van der Waals surface area (Å²) in [6.45, 7) is 0.853. The summed E-state index contributed by atoms with van der Waals surface area (Å²) >= 11 is 3.00. The standard InChI is InChI=1S/C20H18BrFN2O/c1-25-20-18(12-17(22)19(21)23-20)24(13-15-8-4-2-5-9-15)14-16-10-6-3-7-11-16/h2-12H,13-14H2,1H3/i1D3. The summed E-state index contributed by atoms with van der Waals surface area (Å²) in [6.07, 6.45) is 0. The molecule has 0 saturated carbocycles. The van der Waals surface area contributed by atoms with E-state index < -0.39 is 12.9 Å². The zero-order chi connectivity index (χ0) is 20.1. The van der Waals surface area contributed by atoms with Crippen LogP contribution >= 0.6 is 15.9 Å². The molecule has 0 fully saturated rings. The number of hydrogen-bond acceptors (Lipinski definition) is 3. The van der Waals surface area contributed by atoms with Gasteiger partial charge in [0, 0.05) is 19.2 Å². The molecule has 5 heteroatoms. The van der Waals surface area contributed by atoms with Crippen LogP contribution in [-0.4, -0.2) is 12.0 Å². The van der Waals surface area contributed by atoms with Crippen LogP contribution in [0.4, 0.5) is 10.1 Å². The predicted molar refractivity (Wildman–Crippen MR) is 101 cm³/mol. The normalized spacial score (nSPS) is 12.8. The number of halogens is 2. The van der Waals surface area contributed by atoms with E-state index in [0.717, 1.165) is 11.1 Å². The van der Waals surface area contributed by atoms with Gasteiger partial charge in [0.15, 0.2) is 5.82 Å². The number of benzene rings is 2. The van der Waals surface area contributed by atoms with E-state index in [0.29, 0.717) is 13.1 Å². The Kier molecular flexibility index (Phi) is 4.50. The summed E-state index contributed by atoms with van der Waals surface area (Å²) in [4.78, 5) is 5.82. The first-order valence-corrected chi connectivity index (χ1v) is 8.49. The smallest absolute Gasteiger partial charge is 0.238 e. The van der Waals surface area contributed by atoms with E-state index in [1.54, 1.807) is 0 Å². The van der Waals surface area contributed by atoms with Gasteiger partial charge in [-0.2, -0.15) is 0 Å². The van der Waals surface area contributed by atoms with E-state index in [-0.39, 0.29) is 16.2 Å². The third-order valence-corrected chi connectivity index (χ3v) is 4.31. The highest BCUT2D eigenvalue weighted by Crippen LogP contribution is 2.32. The highest BCUT2D eigenvalue weighted by Gasteiger charge is 2.18. The summed E-state index contributed by atoms with van der Waals surface area (Å²) in [7, 11) is -2.70. The van der Waals surface area contributed by atoms with Crippen molar-refractivity contribution in [3.8, 4) is 5.88 Å². The minimum absolute atomic E-state index is 0.102. The topological polar surface area (TPSA) is 25.4 Å². The summed E-state index contributed by atoms with van der Waals surface area (Å²) in [5, 5.41) is 0. The van der Waals surface area contributed by atoms with Gasteiger partial charge in [-0.05, 0) is 27.1 Å². The second kappa shape index (κ2) is 8.12. The van der Waals surface area contributed by atoms with Crippen LogP contribution in [0.15, 0.2) is 71.3 Å². The van der Waals surface area contributed by atoms with Crippen molar-refractivity contribution in [3.05, 3.63) is 88.3 Å². The fraction of sp³-hybridized carbons (Fsp3) is 0.150. The van der Waals surface area contributed by atoms with Gasteiger partial charge in [0.2, 0.25) is 5.88 Å². The third-order valence-electron chi connectivity index (χ3n) is 3.75. The van der Waals surface area contributed by atoms with Crippen LogP contribution in [0.1, 0.15) is 15.2 Å². The number of methoxy groups -OCH3 is 1. The molecule has 0 radical (unpaired) electrons. The van der Waals surface area contributed by atoms with Crippen LogP contribution in [0.5, 0.6) is 5.88 Å². The highest BCUT2D eigenvalue weighted by atomic mass is 79.9. The molecule has 0 N–H and O–H groups in total. The fourth-order valence-electron chi connectivity index (χ4n) is 2.58. The second-order valence-corrected chi connectivity index (χ2v) is 6.27. The Morgan fingerprint density at radius 1 is 1.04 bits per heavy atom. The lowest BCUT2D eigenvalue weighted by molar-refractivity contribution is 0.394. The molecule has 128 valence electrons. The van der Waals surface area contributed by atoms with Crippen LogP contribution in [-0.2, 0) is 13.1 Å². The molecule has 1 aromatic heterocycles. The van der Waals surface area contributed by atoms with Gasteiger partial charge in [-0.3, -0.25) is 0 Å². The van der Waals surface area contributed by atoms with Gasteiger partial charge in [0.05, 0.1) is 11.2 Å². The van der Waals surface area contributed by atoms with Gasteiger partial charge in [-0.15, -0.1) is 0 Å². The van der Waals surface area contributed by atoms with Crippen LogP contribution in [0.3, 0.4) is 0 Å². The molecule has 3 nitrogen and oxygen atoms in total. The van der Waals surface area contributed by atoms with E-state index in [1.165, 1.54) is 6.07 Å². The van der Waals surface area contributed by atoms with E-state index in [1.807, 2.05) is 65.6 Å². The van der Waals surface area contributed by atoms with Crippen LogP contribution in [0.2, 0.25) is 0 Å². The molecule has 0 bridgehead atoms. The molecule has 1 heterocycles. The molecule has 0 amide bonds. The first-order valence-electron chi connectivity index (χ1n) is 9.20. The van der Waals surface area contributed by atoms with Gasteiger partial charge in [0.1, 0.15) is 10.3 Å². The van der Waals surface area contributed by atoms with Crippen molar-refractivity contribution < 1.29 is 13.2 Å². The van der Waals surface area contributed by atoms with Gasteiger partial charge < -0.3 is 9.64 Å². The predicted octanol–water partition coefficient (Wildman–Crippen LogP) is 5.20. The van der Waals surface area contributed by atoms with Crippen molar-refractivity contribution in [2.24, 2.45) is 0 Å². The first-order chi connectivity index (χ1) is 13.3. The monoisotopic (exact) mass is 403 g/mol. The Bertz CT molecular complexity index is 882. The second-order valence-electron chi connectivity index (χ2n) is 5.51. The number of ether oxygens (including phenoxy) is 1. The maximum Gasteiger partial charge on any atom is 0.238 e. The van der Waals surface area contributed by atoms with E-state index in [2.05, 4.69) is 20.9 Å². The Balaban J connectivity index is 2.04. The van der Waals surface area contributed by atoms with Crippen LogP contribution < -0.4 is 9.64 Å². The lowest BCUT2D eigenvalue weighted by atomic mass is 10.1. The number of rotatable bonds is 6. The molecule has 2 aromatic carbocycles. The molecular weight excluding hydrogens is 383 g/mol. The Morgan fingerprint density at radius 2 is 1.60 bits per heavy atom.